The van der Waals surface area contributed by atoms with E-state index in [9.17, 15) is 0 Å². The number of fused-ring (bicyclic) bond motifs is 3. The second kappa shape index (κ2) is 2.04. The molecule has 2 bridgehead atoms. The Balaban J connectivity index is 1.81. The van der Waals surface area contributed by atoms with Gasteiger partial charge in [-0.2, -0.15) is 0 Å². The molecule has 0 aromatic rings. The van der Waals surface area contributed by atoms with Gasteiger partial charge in [-0.3, -0.25) is 0 Å². The molecule has 3 heterocycles. The van der Waals surface area contributed by atoms with E-state index in [0.717, 1.165) is 0 Å². The summed E-state index contributed by atoms with van der Waals surface area (Å²) in [5.74, 6) is 0. The van der Waals surface area contributed by atoms with Gasteiger partial charge in [0.15, 0.2) is 0 Å². The maximum atomic E-state index is 2.60. The zero-order valence-corrected chi connectivity index (χ0v) is 7.86. The average Bonchev–Trinajstić information content (AvgIpc) is 2.35. The van der Waals surface area contributed by atoms with Crippen LogP contribution in [0.4, 0.5) is 0 Å². The van der Waals surface area contributed by atoms with Gasteiger partial charge in [0.2, 0.25) is 0 Å². The predicted molar refractivity (Wildman–Crippen MR) is 31.7 cm³/mol. The van der Waals surface area contributed by atoms with Crippen molar-refractivity contribution in [2.45, 2.75) is 0 Å². The minimum atomic E-state index is 0.225. The van der Waals surface area contributed by atoms with Gasteiger partial charge in [0.25, 0.3) is 0 Å². The number of hydrogen-bond donors (Lipinski definition) is 0. The fraction of sp³-hybridized carbons (Fsp3) is 1.00. The van der Waals surface area contributed by atoms with Gasteiger partial charge in [-0.05, 0) is 0 Å². The van der Waals surface area contributed by atoms with E-state index in [4.69, 9.17) is 0 Å². The number of nitrogens with zero attached hydrogens (tertiary/aromatic N) is 4. The molecule has 3 fully saturated rings. The van der Waals surface area contributed by atoms with Crippen LogP contribution in [-0.4, -0.2) is 49.3 Å². The molecule has 10 heavy (non-hydrogen) atoms. The predicted octanol–water partition coefficient (Wildman–Crippen LogP) is -4.06. The molecule has 4 atom stereocenters. The van der Waals surface area contributed by atoms with Crippen LogP contribution in [0.15, 0.2) is 0 Å². The van der Waals surface area contributed by atoms with Gasteiger partial charge < -0.3 is 0 Å². The molecule has 0 saturated carbocycles. The Morgan fingerprint density at radius 2 is 2.00 bits per heavy atom. The van der Waals surface area contributed by atoms with Gasteiger partial charge in [0, 0.05) is 0 Å². The second-order valence-electron chi connectivity index (χ2n) is 2.92. The molecule has 0 aromatic carbocycles. The molecule has 0 aliphatic carbocycles. The van der Waals surface area contributed by atoms with E-state index in [2.05, 4.69) is 16.2 Å². The Morgan fingerprint density at radius 3 is 3.00 bits per heavy atom. The van der Waals surface area contributed by atoms with Crippen molar-refractivity contribution in [3.8, 4) is 0 Å². The van der Waals surface area contributed by atoms with Gasteiger partial charge >= 0.3 is 71.1 Å². The first-order chi connectivity index (χ1) is 4.92. The van der Waals surface area contributed by atoms with E-state index in [1.165, 1.54) is 33.1 Å². The van der Waals surface area contributed by atoms with E-state index >= 15 is 0 Å². The first-order valence-electron chi connectivity index (χ1n) is 3.57. The van der Waals surface area contributed by atoms with E-state index in [0.29, 0.717) is 0 Å². The third-order valence-electron chi connectivity index (χ3n) is 2.07. The summed E-state index contributed by atoms with van der Waals surface area (Å²) in [6, 6.07) is 0. The van der Waals surface area contributed by atoms with Crippen molar-refractivity contribution < 1.29 is 21.8 Å². The summed E-state index contributed by atoms with van der Waals surface area (Å²) in [6.45, 7) is 6.28. The van der Waals surface area contributed by atoms with Crippen molar-refractivity contribution in [3.63, 3.8) is 0 Å². The van der Waals surface area contributed by atoms with Gasteiger partial charge in [-0.15, -0.1) is 0 Å². The van der Waals surface area contributed by atoms with Crippen LogP contribution in [0.2, 0.25) is 0 Å². The molecule has 3 aliphatic heterocycles. The molecule has 0 amide bonds. The standard InChI is InChI=1S/C5H10IN4/c1-2-8-3-7(1)4-9-5-10(9)6-8/h1-5H2/q-1. The zero-order valence-electron chi connectivity index (χ0n) is 5.70. The SMILES string of the molecule is C1CN2CN1CN1CN1[I-]2. The molecule has 0 aromatic heterocycles. The molecule has 58 valence electrons. The summed E-state index contributed by atoms with van der Waals surface area (Å²) in [5, 5.41) is 2.44. The van der Waals surface area contributed by atoms with Crippen LogP contribution in [0, 0.1) is 0 Å². The van der Waals surface area contributed by atoms with Crippen LogP contribution < -0.4 is 21.8 Å². The van der Waals surface area contributed by atoms with Gasteiger partial charge in [0.05, 0.1) is 0 Å². The Morgan fingerprint density at radius 1 is 1.00 bits per heavy atom. The summed E-state index contributed by atoms with van der Waals surface area (Å²) in [6.07, 6.45) is 0. The Kier molecular flexibility index (Phi) is 1.25. The molecule has 0 N–H and O–H groups in total. The van der Waals surface area contributed by atoms with Crippen LogP contribution in [0.5, 0.6) is 0 Å². The molecular weight excluding hydrogens is 243 g/mol. The maximum absolute atomic E-state index is 2.60. The van der Waals surface area contributed by atoms with Gasteiger partial charge in [-0.1, -0.05) is 0 Å². The van der Waals surface area contributed by atoms with Crippen LogP contribution in [0.1, 0.15) is 0 Å². The van der Waals surface area contributed by atoms with E-state index in [1.807, 2.05) is 0 Å². The molecule has 4 nitrogen and oxygen atoms in total. The average molecular weight is 253 g/mol. The fourth-order valence-electron chi connectivity index (χ4n) is 1.43. The summed E-state index contributed by atoms with van der Waals surface area (Å²) < 4.78 is 5.10. The molecule has 4 unspecified atom stereocenters. The Labute approximate surface area is 71.3 Å². The minimum absolute atomic E-state index is 0.225. The van der Waals surface area contributed by atoms with Crippen molar-refractivity contribution in [1.82, 2.24) is 16.2 Å². The Bertz CT molecular complexity index is 148. The van der Waals surface area contributed by atoms with E-state index in [-0.39, 0.29) is 21.8 Å². The first-order valence-corrected chi connectivity index (χ1v) is 5.50. The van der Waals surface area contributed by atoms with Gasteiger partial charge in [0.1, 0.15) is 0 Å². The topological polar surface area (TPSA) is 12.5 Å². The van der Waals surface area contributed by atoms with Crippen molar-refractivity contribution in [1.29, 1.82) is 0 Å². The van der Waals surface area contributed by atoms with Crippen molar-refractivity contribution in [2.75, 3.05) is 33.1 Å². The van der Waals surface area contributed by atoms with Crippen LogP contribution in [-0.2, 0) is 0 Å². The number of rotatable bonds is 0. The summed E-state index contributed by atoms with van der Waals surface area (Å²) >= 11 is 0.225. The third-order valence-corrected chi connectivity index (χ3v) is 4.88. The third kappa shape index (κ3) is 0.884. The number of hydrazine groups is 1. The summed E-state index contributed by atoms with van der Waals surface area (Å²) in [4.78, 5) is 2.52. The second-order valence-corrected chi connectivity index (χ2v) is 5.83. The van der Waals surface area contributed by atoms with Crippen LogP contribution >= 0.6 is 0 Å². The Hall–Kier alpha value is 0.570. The normalized spacial score (nSPS) is 58.4. The number of hydrogen-bond acceptors (Lipinski definition) is 4. The molecule has 0 radical (unpaired) electrons. The monoisotopic (exact) mass is 253 g/mol. The van der Waals surface area contributed by atoms with Crippen LogP contribution in [0.3, 0.4) is 0 Å². The van der Waals surface area contributed by atoms with Gasteiger partial charge in [-0.25, -0.2) is 0 Å². The molecule has 0 spiro atoms. The summed E-state index contributed by atoms with van der Waals surface area (Å²) in [5.41, 5.74) is 0. The van der Waals surface area contributed by atoms with Crippen LogP contribution in [0.25, 0.3) is 0 Å². The molecule has 3 aliphatic rings. The molecule has 3 saturated heterocycles. The zero-order chi connectivity index (χ0) is 6.55. The van der Waals surface area contributed by atoms with Crippen molar-refractivity contribution in [2.24, 2.45) is 0 Å². The first kappa shape index (κ1) is 6.13. The van der Waals surface area contributed by atoms with E-state index in [1.54, 1.807) is 0 Å². The summed E-state index contributed by atoms with van der Waals surface area (Å²) in [7, 11) is 0. The van der Waals surface area contributed by atoms with E-state index < -0.39 is 0 Å². The quantitative estimate of drug-likeness (QED) is 0.247. The molecule has 5 heteroatoms. The van der Waals surface area contributed by atoms with Crippen molar-refractivity contribution in [3.05, 3.63) is 0 Å². The molecular formula is C5H10IN4-. The number of halogens is 1. The molecule has 3 rings (SSSR count). The fourth-order valence-corrected chi connectivity index (χ4v) is 4.03. The van der Waals surface area contributed by atoms with Crippen molar-refractivity contribution >= 4 is 0 Å².